The lowest BCUT2D eigenvalue weighted by molar-refractivity contribution is 0.114. The molecule has 3 rings (SSSR count). The van der Waals surface area contributed by atoms with Gasteiger partial charge in [0.1, 0.15) is 0 Å². The minimum Gasteiger partial charge on any atom is -0.465 e. The van der Waals surface area contributed by atoms with Gasteiger partial charge in [-0.3, -0.25) is 0 Å². The number of hydrogen-bond donors (Lipinski definition) is 2. The fraction of sp³-hybridized carbons (Fsp3) is 0.316. The van der Waals surface area contributed by atoms with E-state index in [-0.39, 0.29) is 12.1 Å². The molecule has 1 fully saturated rings. The molecule has 120 valence electrons. The van der Waals surface area contributed by atoms with E-state index in [1.54, 1.807) is 0 Å². The van der Waals surface area contributed by atoms with Crippen LogP contribution in [0.15, 0.2) is 60.7 Å². The Kier molecular flexibility index (Phi) is 4.93. The number of nitrogens with one attached hydrogen (secondary N) is 1. The van der Waals surface area contributed by atoms with Crippen LogP contribution in [-0.2, 0) is 12.8 Å². The van der Waals surface area contributed by atoms with Crippen LogP contribution in [0.5, 0.6) is 0 Å². The zero-order chi connectivity index (χ0) is 16.1. The van der Waals surface area contributed by atoms with Crippen LogP contribution < -0.4 is 5.32 Å². The molecule has 0 radical (unpaired) electrons. The third-order valence-electron chi connectivity index (χ3n) is 4.27. The number of piperazine rings is 1. The lowest BCUT2D eigenvalue weighted by atomic mass is 9.98. The zero-order valence-electron chi connectivity index (χ0n) is 13.1. The van der Waals surface area contributed by atoms with Gasteiger partial charge in [0.2, 0.25) is 0 Å². The first-order valence-electron chi connectivity index (χ1n) is 8.02. The van der Waals surface area contributed by atoms with Crippen molar-refractivity contribution in [3.8, 4) is 0 Å². The second-order valence-electron chi connectivity index (χ2n) is 6.13. The average Bonchev–Trinajstić information content (AvgIpc) is 2.56. The summed E-state index contributed by atoms with van der Waals surface area (Å²) in [6, 6.07) is 20.8. The fourth-order valence-corrected chi connectivity index (χ4v) is 3.25. The number of benzene rings is 2. The van der Waals surface area contributed by atoms with Gasteiger partial charge >= 0.3 is 6.09 Å². The zero-order valence-corrected chi connectivity index (χ0v) is 13.1. The molecule has 0 saturated carbocycles. The first kappa shape index (κ1) is 15.6. The van der Waals surface area contributed by atoms with Crippen molar-refractivity contribution in [1.29, 1.82) is 0 Å². The SMILES string of the molecule is O=C(O)N1CC(Cc2ccccc2)NC(Cc2ccccc2)C1. The van der Waals surface area contributed by atoms with Gasteiger partial charge in [-0.15, -0.1) is 0 Å². The first-order chi connectivity index (χ1) is 11.2. The van der Waals surface area contributed by atoms with E-state index >= 15 is 0 Å². The minimum absolute atomic E-state index is 0.149. The molecule has 0 aromatic heterocycles. The van der Waals surface area contributed by atoms with Crippen LogP contribution in [0, 0.1) is 0 Å². The van der Waals surface area contributed by atoms with Crippen molar-refractivity contribution in [1.82, 2.24) is 10.2 Å². The Balaban J connectivity index is 1.69. The van der Waals surface area contributed by atoms with Crippen molar-refractivity contribution in [3.63, 3.8) is 0 Å². The Morgan fingerprint density at radius 3 is 1.74 bits per heavy atom. The highest BCUT2D eigenvalue weighted by atomic mass is 16.4. The molecule has 2 aromatic carbocycles. The third-order valence-corrected chi connectivity index (χ3v) is 4.27. The Morgan fingerprint density at radius 2 is 1.35 bits per heavy atom. The second kappa shape index (κ2) is 7.29. The Morgan fingerprint density at radius 1 is 0.913 bits per heavy atom. The van der Waals surface area contributed by atoms with Crippen molar-refractivity contribution < 1.29 is 9.90 Å². The normalized spacial score (nSPS) is 21.1. The van der Waals surface area contributed by atoms with Crippen LogP contribution in [0.3, 0.4) is 0 Å². The Hall–Kier alpha value is -2.33. The molecule has 4 nitrogen and oxygen atoms in total. The highest BCUT2D eigenvalue weighted by Gasteiger charge is 2.29. The van der Waals surface area contributed by atoms with E-state index in [2.05, 4.69) is 29.6 Å². The number of carboxylic acid groups (broad SMARTS) is 1. The van der Waals surface area contributed by atoms with E-state index in [1.807, 2.05) is 36.4 Å². The van der Waals surface area contributed by atoms with E-state index in [0.717, 1.165) is 12.8 Å². The summed E-state index contributed by atoms with van der Waals surface area (Å²) < 4.78 is 0. The maximum Gasteiger partial charge on any atom is 0.407 e. The summed E-state index contributed by atoms with van der Waals surface area (Å²) in [5, 5.41) is 13.0. The van der Waals surface area contributed by atoms with Crippen molar-refractivity contribution in [2.24, 2.45) is 0 Å². The molecule has 1 saturated heterocycles. The van der Waals surface area contributed by atoms with Gasteiger partial charge in [-0.05, 0) is 24.0 Å². The van der Waals surface area contributed by atoms with Crippen LogP contribution >= 0.6 is 0 Å². The quantitative estimate of drug-likeness (QED) is 0.913. The molecule has 1 amide bonds. The molecule has 1 aliphatic heterocycles. The largest absolute Gasteiger partial charge is 0.465 e. The van der Waals surface area contributed by atoms with Gasteiger partial charge in [0, 0.05) is 25.2 Å². The standard InChI is InChI=1S/C19H22N2O2/c22-19(23)21-13-17(11-15-7-3-1-4-8-15)20-18(14-21)12-16-9-5-2-6-10-16/h1-10,17-18,20H,11-14H2,(H,22,23). The summed E-state index contributed by atoms with van der Waals surface area (Å²) in [6.07, 6.45) is 0.855. The molecule has 23 heavy (non-hydrogen) atoms. The Labute approximate surface area is 136 Å². The maximum absolute atomic E-state index is 11.4. The topological polar surface area (TPSA) is 52.6 Å². The predicted octanol–water partition coefficient (Wildman–Crippen LogP) is 2.79. The summed E-state index contributed by atoms with van der Waals surface area (Å²) in [6.45, 7) is 1.07. The van der Waals surface area contributed by atoms with E-state index in [4.69, 9.17) is 0 Å². The van der Waals surface area contributed by atoms with Crippen LogP contribution in [-0.4, -0.2) is 41.3 Å². The lowest BCUT2D eigenvalue weighted by Crippen LogP contribution is -2.59. The van der Waals surface area contributed by atoms with E-state index in [1.165, 1.54) is 16.0 Å². The van der Waals surface area contributed by atoms with Gasteiger partial charge in [0.25, 0.3) is 0 Å². The lowest BCUT2D eigenvalue weighted by Gasteiger charge is -2.38. The molecular formula is C19H22N2O2. The molecule has 1 aliphatic rings. The number of rotatable bonds is 4. The number of amides is 1. The first-order valence-corrected chi connectivity index (χ1v) is 8.02. The Bertz CT molecular complexity index is 581. The molecule has 4 heteroatoms. The fourth-order valence-electron chi connectivity index (χ4n) is 3.25. The summed E-state index contributed by atoms with van der Waals surface area (Å²) in [4.78, 5) is 13.0. The smallest absolute Gasteiger partial charge is 0.407 e. The molecule has 2 N–H and O–H groups in total. The van der Waals surface area contributed by atoms with Crippen LogP contribution in [0.4, 0.5) is 4.79 Å². The highest BCUT2D eigenvalue weighted by molar-refractivity contribution is 5.65. The number of carbonyl (C=O) groups is 1. The molecule has 0 bridgehead atoms. The summed E-state index contributed by atoms with van der Waals surface area (Å²) in [5.74, 6) is 0. The molecule has 2 atom stereocenters. The van der Waals surface area contributed by atoms with Gasteiger partial charge in [0.05, 0.1) is 0 Å². The van der Waals surface area contributed by atoms with Crippen LogP contribution in [0.2, 0.25) is 0 Å². The maximum atomic E-state index is 11.4. The van der Waals surface area contributed by atoms with Crippen molar-refractivity contribution in [3.05, 3.63) is 71.8 Å². The molecule has 2 unspecified atom stereocenters. The van der Waals surface area contributed by atoms with Crippen molar-refractivity contribution in [2.75, 3.05) is 13.1 Å². The van der Waals surface area contributed by atoms with Crippen molar-refractivity contribution in [2.45, 2.75) is 24.9 Å². The third kappa shape index (κ3) is 4.33. The van der Waals surface area contributed by atoms with Crippen LogP contribution in [0.1, 0.15) is 11.1 Å². The summed E-state index contributed by atoms with van der Waals surface area (Å²) in [5.41, 5.74) is 2.46. The van der Waals surface area contributed by atoms with E-state index in [0.29, 0.717) is 13.1 Å². The van der Waals surface area contributed by atoms with Crippen molar-refractivity contribution >= 4 is 6.09 Å². The molecule has 0 aliphatic carbocycles. The minimum atomic E-state index is -0.831. The summed E-state index contributed by atoms with van der Waals surface area (Å²) in [7, 11) is 0. The average molecular weight is 310 g/mol. The highest BCUT2D eigenvalue weighted by Crippen LogP contribution is 2.14. The second-order valence-corrected chi connectivity index (χ2v) is 6.13. The van der Waals surface area contributed by atoms with Gasteiger partial charge in [-0.2, -0.15) is 0 Å². The number of hydrogen-bond acceptors (Lipinski definition) is 2. The molecule has 0 spiro atoms. The predicted molar refractivity (Wildman–Crippen MR) is 90.6 cm³/mol. The monoisotopic (exact) mass is 310 g/mol. The summed E-state index contributed by atoms with van der Waals surface area (Å²) >= 11 is 0. The van der Waals surface area contributed by atoms with Crippen LogP contribution in [0.25, 0.3) is 0 Å². The van der Waals surface area contributed by atoms with Gasteiger partial charge < -0.3 is 15.3 Å². The van der Waals surface area contributed by atoms with Gasteiger partial charge in [-0.25, -0.2) is 4.79 Å². The van der Waals surface area contributed by atoms with E-state index < -0.39 is 6.09 Å². The van der Waals surface area contributed by atoms with E-state index in [9.17, 15) is 9.90 Å². The van der Waals surface area contributed by atoms with Gasteiger partial charge in [-0.1, -0.05) is 60.7 Å². The molecule has 1 heterocycles. The van der Waals surface area contributed by atoms with Gasteiger partial charge in [0.15, 0.2) is 0 Å². The molecular weight excluding hydrogens is 288 g/mol. The number of nitrogens with zero attached hydrogens (tertiary/aromatic N) is 1. The molecule has 2 aromatic rings.